The summed E-state index contributed by atoms with van der Waals surface area (Å²) in [5.74, 6) is 0.841. The number of piperazine rings is 1. The van der Waals surface area contributed by atoms with Crippen molar-refractivity contribution in [3.63, 3.8) is 0 Å². The molecule has 3 aliphatic rings. The van der Waals surface area contributed by atoms with Gasteiger partial charge in [-0.05, 0) is 38.3 Å². The molecule has 6 nitrogen and oxygen atoms in total. The van der Waals surface area contributed by atoms with Gasteiger partial charge in [0.2, 0.25) is 0 Å². The Labute approximate surface area is 152 Å². The minimum atomic E-state index is -0.315. The van der Waals surface area contributed by atoms with E-state index in [1.165, 1.54) is 6.33 Å². The fourth-order valence-corrected chi connectivity index (χ4v) is 4.13. The van der Waals surface area contributed by atoms with E-state index in [-0.39, 0.29) is 17.9 Å². The van der Waals surface area contributed by atoms with E-state index in [0.717, 1.165) is 23.5 Å². The standard InChI is InChI=1S/C19H21FN6/c1-4-16-17(20)19(23-10-22-16)25-8-13-6-14(9-25)26(13)18-15(7-21)11(2)5-12(3)24-18/h5,10,13-14H,4,6,8-9H2,1-3H3. The summed E-state index contributed by atoms with van der Waals surface area (Å²) < 4.78 is 14.6. The van der Waals surface area contributed by atoms with Crippen LogP contribution in [0.5, 0.6) is 0 Å². The number of nitriles is 1. The second-order valence-electron chi connectivity index (χ2n) is 7.06. The van der Waals surface area contributed by atoms with Gasteiger partial charge in [-0.3, -0.25) is 0 Å². The highest BCUT2D eigenvalue weighted by molar-refractivity contribution is 5.63. The highest BCUT2D eigenvalue weighted by atomic mass is 19.1. The number of nitrogens with zero attached hydrogens (tertiary/aromatic N) is 6. The molecular weight excluding hydrogens is 331 g/mol. The summed E-state index contributed by atoms with van der Waals surface area (Å²) in [5, 5.41) is 9.55. The average molecular weight is 352 g/mol. The lowest BCUT2D eigenvalue weighted by atomic mass is 9.86. The number of piperidine rings is 1. The second-order valence-corrected chi connectivity index (χ2v) is 7.06. The third-order valence-corrected chi connectivity index (χ3v) is 5.35. The summed E-state index contributed by atoms with van der Waals surface area (Å²) >= 11 is 0. The Morgan fingerprint density at radius 2 is 1.96 bits per heavy atom. The van der Waals surface area contributed by atoms with Crippen molar-refractivity contribution in [2.24, 2.45) is 0 Å². The molecule has 0 aromatic carbocycles. The van der Waals surface area contributed by atoms with Crippen molar-refractivity contribution in [3.05, 3.63) is 40.7 Å². The molecule has 5 rings (SSSR count). The maximum Gasteiger partial charge on any atom is 0.187 e. The zero-order valence-electron chi connectivity index (χ0n) is 15.2. The largest absolute Gasteiger partial charge is 0.350 e. The van der Waals surface area contributed by atoms with Gasteiger partial charge in [-0.2, -0.15) is 5.26 Å². The van der Waals surface area contributed by atoms with Crippen molar-refractivity contribution in [2.45, 2.75) is 45.7 Å². The number of pyridine rings is 1. The number of fused-ring (bicyclic) bond motifs is 2. The molecule has 2 aromatic heterocycles. The van der Waals surface area contributed by atoms with Gasteiger partial charge in [-0.1, -0.05) is 6.92 Å². The van der Waals surface area contributed by atoms with Gasteiger partial charge in [-0.15, -0.1) is 0 Å². The van der Waals surface area contributed by atoms with Crippen LogP contribution >= 0.6 is 0 Å². The molecule has 3 aliphatic heterocycles. The first-order chi connectivity index (χ1) is 12.5. The van der Waals surface area contributed by atoms with Gasteiger partial charge in [0.1, 0.15) is 18.2 Å². The Hall–Kier alpha value is -2.75. The van der Waals surface area contributed by atoms with Crippen LogP contribution in [0.25, 0.3) is 0 Å². The molecule has 2 bridgehead atoms. The molecule has 3 saturated heterocycles. The molecule has 0 amide bonds. The molecule has 3 fully saturated rings. The van der Waals surface area contributed by atoms with Crippen LogP contribution in [-0.4, -0.2) is 40.1 Å². The second kappa shape index (κ2) is 6.20. The van der Waals surface area contributed by atoms with Crippen LogP contribution in [0.4, 0.5) is 16.0 Å². The molecule has 7 heteroatoms. The zero-order valence-corrected chi connectivity index (χ0v) is 15.2. The highest BCUT2D eigenvalue weighted by Crippen LogP contribution is 2.39. The molecule has 0 N–H and O–H groups in total. The number of anilines is 2. The summed E-state index contributed by atoms with van der Waals surface area (Å²) in [7, 11) is 0. The fourth-order valence-electron chi connectivity index (χ4n) is 4.13. The Kier molecular flexibility index (Phi) is 3.98. The van der Waals surface area contributed by atoms with Gasteiger partial charge in [0, 0.05) is 18.8 Å². The first-order valence-corrected chi connectivity index (χ1v) is 8.94. The first kappa shape index (κ1) is 16.7. The number of hydrogen-bond acceptors (Lipinski definition) is 6. The smallest absolute Gasteiger partial charge is 0.187 e. The van der Waals surface area contributed by atoms with E-state index >= 15 is 0 Å². The maximum absolute atomic E-state index is 14.6. The molecule has 5 heterocycles. The topological polar surface area (TPSA) is 68.9 Å². The maximum atomic E-state index is 14.6. The Morgan fingerprint density at radius 3 is 2.62 bits per heavy atom. The van der Waals surface area contributed by atoms with Crippen molar-refractivity contribution in [1.82, 2.24) is 15.0 Å². The number of aromatic nitrogens is 3. The normalized spacial score (nSPS) is 21.3. The van der Waals surface area contributed by atoms with Gasteiger partial charge < -0.3 is 9.80 Å². The molecule has 26 heavy (non-hydrogen) atoms. The lowest BCUT2D eigenvalue weighted by Gasteiger charge is -2.57. The third kappa shape index (κ3) is 2.48. The Balaban J connectivity index is 1.62. The van der Waals surface area contributed by atoms with Crippen molar-refractivity contribution >= 4 is 11.6 Å². The van der Waals surface area contributed by atoms with Gasteiger partial charge in [0.25, 0.3) is 0 Å². The Morgan fingerprint density at radius 1 is 1.23 bits per heavy atom. The summed E-state index contributed by atoms with van der Waals surface area (Å²) in [6.07, 6.45) is 3.02. The molecule has 134 valence electrons. The average Bonchev–Trinajstić information content (AvgIpc) is 2.61. The lowest BCUT2D eigenvalue weighted by Crippen LogP contribution is -2.69. The van der Waals surface area contributed by atoms with E-state index in [4.69, 9.17) is 0 Å². The molecule has 0 spiro atoms. The lowest BCUT2D eigenvalue weighted by molar-refractivity contribution is 0.286. The fraction of sp³-hybridized carbons (Fsp3) is 0.474. The van der Waals surface area contributed by atoms with E-state index in [1.54, 1.807) is 0 Å². The number of halogens is 1. The zero-order chi connectivity index (χ0) is 18.4. The quantitative estimate of drug-likeness (QED) is 0.845. The van der Waals surface area contributed by atoms with Crippen LogP contribution < -0.4 is 9.80 Å². The molecule has 0 radical (unpaired) electrons. The predicted molar refractivity (Wildman–Crippen MR) is 96.7 cm³/mol. The van der Waals surface area contributed by atoms with Crippen LogP contribution in [0.15, 0.2) is 12.4 Å². The minimum Gasteiger partial charge on any atom is -0.350 e. The minimum absolute atomic E-state index is 0.217. The third-order valence-electron chi connectivity index (χ3n) is 5.35. The van der Waals surface area contributed by atoms with Crippen LogP contribution in [0.3, 0.4) is 0 Å². The number of rotatable bonds is 3. The van der Waals surface area contributed by atoms with Gasteiger partial charge in [0.15, 0.2) is 11.6 Å². The summed E-state index contributed by atoms with van der Waals surface area (Å²) in [6.45, 7) is 7.13. The predicted octanol–water partition coefficient (Wildman–Crippen LogP) is 2.53. The number of hydrogen-bond donors (Lipinski definition) is 0. The summed E-state index contributed by atoms with van der Waals surface area (Å²) in [5.41, 5.74) is 2.95. The van der Waals surface area contributed by atoms with E-state index < -0.39 is 0 Å². The molecule has 2 unspecified atom stereocenters. The van der Waals surface area contributed by atoms with Crippen molar-refractivity contribution in [2.75, 3.05) is 22.9 Å². The molecule has 2 aromatic rings. The van der Waals surface area contributed by atoms with E-state index in [0.29, 0.717) is 36.6 Å². The molecule has 2 atom stereocenters. The summed E-state index contributed by atoms with van der Waals surface area (Å²) in [4.78, 5) is 17.1. The van der Waals surface area contributed by atoms with Crippen LogP contribution in [0, 0.1) is 31.0 Å². The number of aryl methyl sites for hydroxylation is 3. The molecule has 0 saturated carbocycles. The van der Waals surface area contributed by atoms with Gasteiger partial charge in [-0.25, -0.2) is 19.3 Å². The van der Waals surface area contributed by atoms with E-state index in [1.807, 2.05) is 31.7 Å². The molecule has 0 aliphatic carbocycles. The van der Waals surface area contributed by atoms with Gasteiger partial charge in [0.05, 0.1) is 23.3 Å². The Bertz CT molecular complexity index is 894. The van der Waals surface area contributed by atoms with Crippen LogP contribution in [-0.2, 0) is 6.42 Å². The van der Waals surface area contributed by atoms with Crippen molar-refractivity contribution in [3.8, 4) is 6.07 Å². The SMILES string of the molecule is CCc1ncnc(N2CC3CC(C2)N3c2nc(C)cc(C)c2C#N)c1F. The van der Waals surface area contributed by atoms with E-state index in [9.17, 15) is 9.65 Å². The van der Waals surface area contributed by atoms with E-state index in [2.05, 4.69) is 25.9 Å². The summed E-state index contributed by atoms with van der Waals surface area (Å²) in [6, 6.07) is 4.67. The van der Waals surface area contributed by atoms with Crippen LogP contribution in [0.1, 0.15) is 35.9 Å². The van der Waals surface area contributed by atoms with Crippen LogP contribution in [0.2, 0.25) is 0 Å². The highest BCUT2D eigenvalue weighted by Gasteiger charge is 2.47. The first-order valence-electron chi connectivity index (χ1n) is 8.94. The van der Waals surface area contributed by atoms with Crippen molar-refractivity contribution in [1.29, 1.82) is 5.26 Å². The van der Waals surface area contributed by atoms with Gasteiger partial charge >= 0.3 is 0 Å². The molecular formula is C19H21FN6. The van der Waals surface area contributed by atoms with Crippen molar-refractivity contribution < 1.29 is 4.39 Å². The monoisotopic (exact) mass is 352 g/mol.